The topological polar surface area (TPSA) is 54.4 Å². The molecule has 0 radical (unpaired) electrons. The van der Waals surface area contributed by atoms with Crippen LogP contribution in [0, 0.1) is 11.8 Å². The van der Waals surface area contributed by atoms with Gasteiger partial charge in [-0.1, -0.05) is 6.42 Å². The Morgan fingerprint density at radius 1 is 1.38 bits per heavy atom. The van der Waals surface area contributed by atoms with E-state index in [9.17, 15) is 13.5 Å². The van der Waals surface area contributed by atoms with E-state index in [0.29, 0.717) is 0 Å². The summed E-state index contributed by atoms with van der Waals surface area (Å²) < 4.78 is 22.6. The smallest absolute Gasteiger partial charge is 0.152 e. The first-order valence-corrected chi connectivity index (χ1v) is 6.75. The van der Waals surface area contributed by atoms with Crippen LogP contribution in [0.2, 0.25) is 0 Å². The molecule has 0 aromatic heterocycles. The van der Waals surface area contributed by atoms with Crippen LogP contribution in [0.4, 0.5) is 0 Å². The number of hydrogen-bond donors (Lipinski definition) is 1. The zero-order chi connectivity index (χ0) is 9.85. The molecule has 2 aliphatic rings. The van der Waals surface area contributed by atoms with Gasteiger partial charge in [0.25, 0.3) is 0 Å². The van der Waals surface area contributed by atoms with Gasteiger partial charge in [-0.3, -0.25) is 0 Å². The zero-order valence-electron chi connectivity index (χ0n) is 8.03. The van der Waals surface area contributed by atoms with E-state index in [0.717, 1.165) is 19.3 Å². The lowest BCUT2D eigenvalue weighted by molar-refractivity contribution is 0.105. The molecule has 3 unspecified atom stereocenters. The molecule has 0 spiro atoms. The van der Waals surface area contributed by atoms with Crippen molar-refractivity contribution < 1.29 is 13.5 Å². The molecule has 2 fully saturated rings. The van der Waals surface area contributed by atoms with Crippen molar-refractivity contribution in [2.45, 2.75) is 37.0 Å². The first-order valence-electron chi connectivity index (χ1n) is 4.79. The van der Waals surface area contributed by atoms with Crippen molar-refractivity contribution in [2.24, 2.45) is 11.8 Å². The first kappa shape index (κ1) is 9.46. The summed E-state index contributed by atoms with van der Waals surface area (Å²) in [4.78, 5) is 0. The summed E-state index contributed by atoms with van der Waals surface area (Å²) in [6.45, 7) is 1.63. The highest BCUT2D eigenvalue weighted by atomic mass is 32.2. The SMILES string of the molecule is CC(C1(O)C2CCCC21)S(C)(=O)=O. The quantitative estimate of drug-likeness (QED) is 0.716. The summed E-state index contributed by atoms with van der Waals surface area (Å²) in [6, 6.07) is 0. The van der Waals surface area contributed by atoms with Gasteiger partial charge in [0.1, 0.15) is 0 Å². The predicted octanol–water partition coefficient (Wildman–Crippen LogP) is 0.581. The number of hydrogen-bond acceptors (Lipinski definition) is 3. The molecular formula is C9H16O3S. The van der Waals surface area contributed by atoms with Crippen molar-refractivity contribution in [1.29, 1.82) is 0 Å². The summed E-state index contributed by atoms with van der Waals surface area (Å²) in [5.74, 6) is 0.523. The minimum atomic E-state index is -3.09. The van der Waals surface area contributed by atoms with E-state index in [1.165, 1.54) is 6.26 Å². The van der Waals surface area contributed by atoms with Gasteiger partial charge in [0.15, 0.2) is 9.84 Å². The summed E-state index contributed by atoms with van der Waals surface area (Å²) in [6.07, 6.45) is 4.36. The summed E-state index contributed by atoms with van der Waals surface area (Å²) >= 11 is 0. The molecule has 76 valence electrons. The van der Waals surface area contributed by atoms with Gasteiger partial charge in [-0.25, -0.2) is 8.42 Å². The number of sulfone groups is 1. The molecule has 0 aliphatic heterocycles. The van der Waals surface area contributed by atoms with Crippen LogP contribution in [0.15, 0.2) is 0 Å². The highest BCUT2D eigenvalue weighted by molar-refractivity contribution is 7.91. The average Bonchev–Trinajstić information content (AvgIpc) is 2.51. The van der Waals surface area contributed by atoms with Gasteiger partial charge in [0.05, 0.1) is 10.9 Å². The molecule has 4 heteroatoms. The summed E-state index contributed by atoms with van der Waals surface area (Å²) in [5.41, 5.74) is -0.883. The van der Waals surface area contributed by atoms with E-state index in [4.69, 9.17) is 0 Å². The molecule has 3 nitrogen and oxygen atoms in total. The number of aliphatic hydroxyl groups is 1. The third-order valence-electron chi connectivity index (χ3n) is 3.89. The highest BCUT2D eigenvalue weighted by Crippen LogP contribution is 2.63. The fraction of sp³-hybridized carbons (Fsp3) is 1.00. The van der Waals surface area contributed by atoms with Crippen LogP contribution in [0.1, 0.15) is 26.2 Å². The van der Waals surface area contributed by atoms with Crippen molar-refractivity contribution in [3.63, 3.8) is 0 Å². The van der Waals surface area contributed by atoms with Crippen LogP contribution in [0.25, 0.3) is 0 Å². The predicted molar refractivity (Wildman–Crippen MR) is 50.1 cm³/mol. The normalized spacial score (nSPS) is 45.8. The Bertz CT molecular complexity index is 310. The van der Waals surface area contributed by atoms with E-state index in [1.54, 1.807) is 6.92 Å². The molecule has 0 saturated heterocycles. The van der Waals surface area contributed by atoms with E-state index in [-0.39, 0.29) is 11.8 Å². The maximum atomic E-state index is 11.3. The van der Waals surface area contributed by atoms with Gasteiger partial charge in [-0.05, 0) is 31.6 Å². The molecule has 0 amide bonds. The molecule has 0 aromatic rings. The minimum absolute atomic E-state index is 0.261. The highest BCUT2D eigenvalue weighted by Gasteiger charge is 2.69. The average molecular weight is 204 g/mol. The Kier molecular flexibility index (Phi) is 1.81. The zero-order valence-corrected chi connectivity index (χ0v) is 8.84. The van der Waals surface area contributed by atoms with Crippen LogP contribution in [-0.4, -0.2) is 30.6 Å². The summed E-state index contributed by atoms with van der Waals surface area (Å²) in [5, 5.41) is 9.55. The van der Waals surface area contributed by atoms with E-state index >= 15 is 0 Å². The van der Waals surface area contributed by atoms with E-state index < -0.39 is 20.7 Å². The number of fused-ring (bicyclic) bond motifs is 1. The largest absolute Gasteiger partial charge is 0.388 e. The van der Waals surface area contributed by atoms with Crippen LogP contribution in [0.5, 0.6) is 0 Å². The van der Waals surface area contributed by atoms with Gasteiger partial charge in [0.2, 0.25) is 0 Å². The molecule has 2 rings (SSSR count). The third kappa shape index (κ3) is 1.15. The fourth-order valence-corrected chi connectivity index (χ4v) is 3.95. The van der Waals surface area contributed by atoms with Gasteiger partial charge in [-0.15, -0.1) is 0 Å². The van der Waals surface area contributed by atoms with Crippen LogP contribution in [0.3, 0.4) is 0 Å². The molecule has 0 heterocycles. The Hall–Kier alpha value is -0.0900. The Morgan fingerprint density at radius 2 is 1.85 bits per heavy atom. The Balaban J connectivity index is 2.20. The molecule has 13 heavy (non-hydrogen) atoms. The van der Waals surface area contributed by atoms with Crippen molar-refractivity contribution in [3.05, 3.63) is 0 Å². The maximum Gasteiger partial charge on any atom is 0.152 e. The molecule has 0 aromatic carbocycles. The second kappa shape index (κ2) is 2.48. The minimum Gasteiger partial charge on any atom is -0.388 e. The third-order valence-corrected chi connectivity index (χ3v) is 5.55. The molecule has 1 N–H and O–H groups in total. The van der Waals surface area contributed by atoms with Crippen LogP contribution >= 0.6 is 0 Å². The van der Waals surface area contributed by atoms with E-state index in [1.807, 2.05) is 0 Å². The lowest BCUT2D eigenvalue weighted by atomic mass is 10.1. The lowest BCUT2D eigenvalue weighted by Gasteiger charge is -2.20. The Morgan fingerprint density at radius 3 is 2.23 bits per heavy atom. The molecule has 2 saturated carbocycles. The van der Waals surface area contributed by atoms with Crippen LogP contribution in [-0.2, 0) is 9.84 Å². The van der Waals surface area contributed by atoms with Gasteiger partial charge in [-0.2, -0.15) is 0 Å². The Labute approximate surface area is 79.1 Å². The molecule has 0 bridgehead atoms. The van der Waals surface area contributed by atoms with Gasteiger partial charge < -0.3 is 5.11 Å². The van der Waals surface area contributed by atoms with Crippen molar-refractivity contribution in [3.8, 4) is 0 Å². The molecule has 3 atom stereocenters. The number of rotatable bonds is 2. The van der Waals surface area contributed by atoms with E-state index in [2.05, 4.69) is 0 Å². The van der Waals surface area contributed by atoms with Crippen molar-refractivity contribution >= 4 is 9.84 Å². The standard InChI is InChI=1S/C9H16O3S/c1-6(13(2,11)12)9(10)7-4-3-5-8(7)9/h6-8,10H,3-5H2,1-2H3. The van der Waals surface area contributed by atoms with Gasteiger partial charge in [0, 0.05) is 6.26 Å². The van der Waals surface area contributed by atoms with Crippen molar-refractivity contribution in [1.82, 2.24) is 0 Å². The maximum absolute atomic E-state index is 11.3. The first-order chi connectivity index (χ1) is 5.88. The van der Waals surface area contributed by atoms with Crippen LogP contribution < -0.4 is 0 Å². The summed E-state index contributed by atoms with van der Waals surface area (Å²) in [7, 11) is -3.09. The van der Waals surface area contributed by atoms with Crippen molar-refractivity contribution in [2.75, 3.05) is 6.26 Å². The molecule has 2 aliphatic carbocycles. The monoisotopic (exact) mass is 204 g/mol. The van der Waals surface area contributed by atoms with Gasteiger partial charge >= 0.3 is 0 Å². The second-order valence-electron chi connectivity index (χ2n) is 4.50. The second-order valence-corrected chi connectivity index (χ2v) is 6.87. The lowest BCUT2D eigenvalue weighted by Crippen LogP contribution is -2.36. The fourth-order valence-electron chi connectivity index (χ4n) is 2.91. The molecular weight excluding hydrogens is 188 g/mol.